The van der Waals surface area contributed by atoms with Gasteiger partial charge in [-0.1, -0.05) is 70.7 Å². The maximum absolute atomic E-state index is 14.1. The molecule has 2 saturated heterocycles. The van der Waals surface area contributed by atoms with Crippen LogP contribution in [0.4, 0.5) is 14.9 Å². The van der Waals surface area contributed by atoms with Crippen LogP contribution in [0.3, 0.4) is 0 Å². The van der Waals surface area contributed by atoms with Gasteiger partial charge in [-0.15, -0.1) is 0 Å². The molecule has 174 valence electrons. The summed E-state index contributed by atoms with van der Waals surface area (Å²) >= 11 is 25.6. The molecule has 0 unspecified atom stereocenters. The van der Waals surface area contributed by atoms with Crippen molar-refractivity contribution < 1.29 is 14.0 Å². The van der Waals surface area contributed by atoms with Gasteiger partial charge in [0.25, 0.3) is 11.1 Å². The number of rotatable bonds is 4. The van der Waals surface area contributed by atoms with Crippen molar-refractivity contribution in [3.8, 4) is 0 Å². The van der Waals surface area contributed by atoms with E-state index in [9.17, 15) is 14.0 Å². The van der Waals surface area contributed by atoms with Crippen molar-refractivity contribution in [3.05, 3.63) is 69.8 Å². The molecule has 0 radical (unpaired) electrons. The van der Waals surface area contributed by atoms with E-state index in [-0.39, 0.29) is 10.5 Å². The molecule has 5 nitrogen and oxygen atoms in total. The van der Waals surface area contributed by atoms with Crippen molar-refractivity contribution in [2.75, 3.05) is 31.1 Å². The molecule has 2 aliphatic rings. The molecule has 2 aromatic rings. The average Bonchev–Trinajstić information content (AvgIpc) is 3.03. The number of carbonyl (C=O) groups excluding carboxylic acids is 2. The third-order valence-electron chi connectivity index (χ3n) is 5.39. The average molecular weight is 549 g/mol. The molecule has 2 aliphatic heterocycles. The molecule has 11 heteroatoms. The Balaban J connectivity index is 1.55. The molecule has 4 rings (SSSR count). The topological polar surface area (TPSA) is 43.9 Å². The second kappa shape index (κ2) is 10.0. The van der Waals surface area contributed by atoms with E-state index in [2.05, 4.69) is 4.90 Å². The fourth-order valence-electron chi connectivity index (χ4n) is 3.84. The number of carbonyl (C=O) groups is 2. The predicted molar refractivity (Wildman–Crippen MR) is 134 cm³/mol. The number of imide groups is 1. The minimum Gasteiger partial charge on any atom is -0.369 e. The fourth-order valence-corrected chi connectivity index (χ4v) is 5.57. The van der Waals surface area contributed by atoms with E-state index in [4.69, 9.17) is 46.4 Å². The summed E-state index contributed by atoms with van der Waals surface area (Å²) in [6.45, 7) is 2.05. The van der Waals surface area contributed by atoms with Gasteiger partial charge in [0.1, 0.15) is 12.0 Å². The van der Waals surface area contributed by atoms with Crippen molar-refractivity contribution >= 4 is 81.1 Å². The van der Waals surface area contributed by atoms with Crippen LogP contribution in [0.2, 0.25) is 5.02 Å². The number of alkyl halides is 3. The molecular formula is C22H18Cl4FN3O2S. The van der Waals surface area contributed by atoms with Gasteiger partial charge in [-0.05, 0) is 42.1 Å². The van der Waals surface area contributed by atoms with Gasteiger partial charge >= 0.3 is 0 Å². The van der Waals surface area contributed by atoms with E-state index in [1.54, 1.807) is 23.1 Å². The Kier molecular flexibility index (Phi) is 7.48. The number of hydrogen-bond donors (Lipinski definition) is 0. The predicted octanol–water partition coefficient (Wildman–Crippen LogP) is 6.03. The molecule has 0 N–H and O–H groups in total. The smallest absolute Gasteiger partial charge is 0.295 e. The van der Waals surface area contributed by atoms with E-state index in [0.717, 1.165) is 10.6 Å². The number of nitrogens with zero attached hydrogens (tertiary/aromatic N) is 3. The minimum atomic E-state index is -1.95. The summed E-state index contributed by atoms with van der Waals surface area (Å²) in [7, 11) is 0. The van der Waals surface area contributed by atoms with Crippen LogP contribution in [0.1, 0.15) is 5.56 Å². The lowest BCUT2D eigenvalue weighted by atomic mass is 10.2. The molecular weight excluding hydrogens is 531 g/mol. The zero-order valence-electron chi connectivity index (χ0n) is 17.1. The van der Waals surface area contributed by atoms with Gasteiger partial charge in [0.05, 0.1) is 4.91 Å². The largest absolute Gasteiger partial charge is 0.369 e. The molecule has 2 heterocycles. The normalized spacial score (nSPS) is 20.1. The SMILES string of the molecule is O=C1S/C(=C/c2ccccc2F)C(=O)N1[C@H](N1CCN(c2cccc(Cl)c2)CC1)C(Cl)(Cl)Cl. The Morgan fingerprint density at radius 3 is 2.33 bits per heavy atom. The summed E-state index contributed by atoms with van der Waals surface area (Å²) in [6, 6.07) is 13.5. The lowest BCUT2D eigenvalue weighted by molar-refractivity contribution is -0.127. The first kappa shape index (κ1) is 24.6. The van der Waals surface area contributed by atoms with E-state index in [0.29, 0.717) is 43.0 Å². The minimum absolute atomic E-state index is 0.0712. The van der Waals surface area contributed by atoms with Gasteiger partial charge in [-0.2, -0.15) is 0 Å². The third-order valence-corrected chi connectivity index (χ3v) is 7.09. The van der Waals surface area contributed by atoms with Crippen molar-refractivity contribution in [2.24, 2.45) is 0 Å². The van der Waals surface area contributed by atoms with E-state index >= 15 is 0 Å². The lowest BCUT2D eigenvalue weighted by Gasteiger charge is -2.44. The number of hydrogen-bond acceptors (Lipinski definition) is 5. The van der Waals surface area contributed by atoms with Crippen molar-refractivity contribution in [1.82, 2.24) is 9.80 Å². The summed E-state index contributed by atoms with van der Waals surface area (Å²) in [4.78, 5) is 30.9. The molecule has 0 spiro atoms. The summed E-state index contributed by atoms with van der Waals surface area (Å²) < 4.78 is 12.1. The number of thioether (sulfide) groups is 1. The van der Waals surface area contributed by atoms with Crippen LogP contribution in [0.25, 0.3) is 6.08 Å². The molecule has 33 heavy (non-hydrogen) atoms. The molecule has 2 aromatic carbocycles. The highest BCUT2D eigenvalue weighted by Crippen LogP contribution is 2.42. The van der Waals surface area contributed by atoms with Gasteiger partial charge in [0.2, 0.25) is 3.79 Å². The highest BCUT2D eigenvalue weighted by atomic mass is 35.6. The monoisotopic (exact) mass is 547 g/mol. The van der Waals surface area contributed by atoms with Crippen LogP contribution >= 0.6 is 58.2 Å². The lowest BCUT2D eigenvalue weighted by Crippen LogP contribution is -2.61. The number of anilines is 1. The first-order valence-electron chi connectivity index (χ1n) is 9.98. The van der Waals surface area contributed by atoms with Gasteiger partial charge < -0.3 is 4.90 Å². The van der Waals surface area contributed by atoms with Crippen LogP contribution in [0, 0.1) is 5.82 Å². The Labute approximate surface area is 215 Å². The second-order valence-corrected chi connectivity index (χ2v) is 11.3. The van der Waals surface area contributed by atoms with Crippen LogP contribution in [-0.2, 0) is 4.79 Å². The molecule has 0 aliphatic carbocycles. The van der Waals surface area contributed by atoms with Gasteiger partial charge in [0, 0.05) is 42.5 Å². The summed E-state index contributed by atoms with van der Waals surface area (Å²) in [5, 5.41) is 0.0599. The summed E-state index contributed by atoms with van der Waals surface area (Å²) in [6.07, 6.45) is 0.232. The molecule has 0 aromatic heterocycles. The third kappa shape index (κ3) is 5.45. The van der Waals surface area contributed by atoms with Crippen LogP contribution in [-0.4, -0.2) is 57.1 Å². The number of amides is 2. The Morgan fingerprint density at radius 2 is 1.70 bits per heavy atom. The number of benzene rings is 2. The van der Waals surface area contributed by atoms with Gasteiger partial charge in [-0.3, -0.25) is 14.5 Å². The maximum atomic E-state index is 14.1. The highest BCUT2D eigenvalue weighted by Gasteiger charge is 2.51. The van der Waals surface area contributed by atoms with Crippen molar-refractivity contribution in [3.63, 3.8) is 0 Å². The Hall–Kier alpha value is -1.48. The summed E-state index contributed by atoms with van der Waals surface area (Å²) in [5.41, 5.74) is 1.16. The molecule has 0 bridgehead atoms. The second-order valence-electron chi connectivity index (χ2n) is 7.49. The summed E-state index contributed by atoms with van der Waals surface area (Å²) in [5.74, 6) is -1.12. The standard InChI is InChI=1S/C22H18Cl4FN3O2S/c23-15-5-3-6-16(13-15)28-8-10-29(11-9-28)20(22(24,25)26)30-19(31)18(33-21(30)32)12-14-4-1-2-7-17(14)27/h1-7,12-13,20H,8-11H2/b18-12+/t20-/m0/s1. The fraction of sp³-hybridized carbons (Fsp3) is 0.273. The highest BCUT2D eigenvalue weighted by molar-refractivity contribution is 8.18. The quantitative estimate of drug-likeness (QED) is 0.344. The van der Waals surface area contributed by atoms with Gasteiger partial charge in [-0.25, -0.2) is 9.29 Å². The first-order chi connectivity index (χ1) is 15.6. The van der Waals surface area contributed by atoms with Crippen LogP contribution < -0.4 is 4.90 Å². The van der Waals surface area contributed by atoms with E-state index in [1.165, 1.54) is 18.2 Å². The molecule has 0 saturated carbocycles. The number of piperazine rings is 1. The maximum Gasteiger partial charge on any atom is 0.295 e. The zero-order chi connectivity index (χ0) is 23.8. The Bertz CT molecular complexity index is 1100. The first-order valence-corrected chi connectivity index (χ1v) is 12.3. The Morgan fingerprint density at radius 1 is 1.00 bits per heavy atom. The van der Waals surface area contributed by atoms with Crippen LogP contribution in [0.15, 0.2) is 53.4 Å². The van der Waals surface area contributed by atoms with Crippen LogP contribution in [0.5, 0.6) is 0 Å². The van der Waals surface area contributed by atoms with Crippen molar-refractivity contribution in [1.29, 1.82) is 0 Å². The van der Waals surface area contributed by atoms with Crippen molar-refractivity contribution in [2.45, 2.75) is 9.96 Å². The van der Waals surface area contributed by atoms with Gasteiger partial charge in [0.15, 0.2) is 0 Å². The van der Waals surface area contributed by atoms with E-state index < -0.39 is 26.9 Å². The zero-order valence-corrected chi connectivity index (χ0v) is 20.9. The number of halogens is 5. The molecule has 2 amide bonds. The molecule has 1 atom stereocenters. The molecule has 2 fully saturated rings. The van der Waals surface area contributed by atoms with E-state index in [1.807, 2.05) is 18.2 Å².